The zero-order valence-corrected chi connectivity index (χ0v) is 21.1. The van der Waals surface area contributed by atoms with Gasteiger partial charge in [0.05, 0.1) is 24.0 Å². The minimum atomic E-state index is -3.51. The lowest BCUT2D eigenvalue weighted by molar-refractivity contribution is 0.0166. The van der Waals surface area contributed by atoms with E-state index >= 15 is 0 Å². The minimum absolute atomic E-state index is 0.0581. The lowest BCUT2D eigenvalue weighted by atomic mass is 10.0. The Bertz CT molecular complexity index is 939. The topological polar surface area (TPSA) is 117 Å². The van der Waals surface area contributed by atoms with E-state index in [-0.39, 0.29) is 47.9 Å². The fraction of sp³-hybridized carbons (Fsp3) is 0.636. The molecule has 1 heterocycles. The van der Waals surface area contributed by atoms with E-state index in [2.05, 4.69) is 10.0 Å². The highest BCUT2D eigenvalue weighted by molar-refractivity contribution is 7.92. The molecule has 3 amide bonds. The molecule has 3 atom stereocenters. The maximum atomic E-state index is 13.2. The summed E-state index contributed by atoms with van der Waals surface area (Å²) in [6.07, 6.45) is 1.56. The molecule has 0 spiro atoms. The molecule has 1 aliphatic rings. The van der Waals surface area contributed by atoms with Gasteiger partial charge in [-0.15, -0.1) is 0 Å². The summed E-state index contributed by atoms with van der Waals surface area (Å²) in [5, 5.41) is 2.92. The SMILES string of the molecule is CCCNC(=O)N1C[C@@H](C)[C@H](OC)CN(C)C(=O)c2cc(NS(C)(=O)=O)ccc2OC[C@H]1C. The largest absolute Gasteiger partial charge is 0.491 e. The van der Waals surface area contributed by atoms with Crippen LogP contribution in [0.2, 0.25) is 0 Å². The van der Waals surface area contributed by atoms with Crippen LogP contribution in [0.15, 0.2) is 18.2 Å². The summed E-state index contributed by atoms with van der Waals surface area (Å²) in [6, 6.07) is 4.10. The average molecular weight is 485 g/mol. The molecule has 10 nitrogen and oxygen atoms in total. The van der Waals surface area contributed by atoms with Crippen molar-refractivity contribution in [3.05, 3.63) is 23.8 Å². The first-order valence-corrected chi connectivity index (χ1v) is 12.9. The van der Waals surface area contributed by atoms with Crippen molar-refractivity contribution in [1.82, 2.24) is 15.1 Å². The molecule has 0 fully saturated rings. The molecule has 1 aliphatic heterocycles. The van der Waals surface area contributed by atoms with E-state index in [9.17, 15) is 18.0 Å². The molecule has 1 aromatic carbocycles. The molecule has 2 N–H and O–H groups in total. The smallest absolute Gasteiger partial charge is 0.317 e. The summed E-state index contributed by atoms with van der Waals surface area (Å²) in [5.41, 5.74) is 0.488. The molecule has 0 aromatic heterocycles. The number of amides is 3. The standard InChI is InChI=1S/C22H36N4O6S/c1-7-10-23-22(28)26-12-15(2)20(31-5)13-25(4)21(27)18-11-17(24-33(6,29)30)8-9-19(18)32-14-16(26)3/h8-9,11,15-16,20,24H,7,10,12-14H2,1-6H3,(H,23,28)/t15-,16-,20-/m1/s1. The van der Waals surface area contributed by atoms with Gasteiger partial charge < -0.3 is 24.6 Å². The van der Waals surface area contributed by atoms with Crippen molar-refractivity contribution in [3.63, 3.8) is 0 Å². The number of anilines is 1. The van der Waals surface area contributed by atoms with Crippen LogP contribution in [0.1, 0.15) is 37.6 Å². The van der Waals surface area contributed by atoms with Gasteiger partial charge in [0.1, 0.15) is 12.4 Å². The first-order valence-electron chi connectivity index (χ1n) is 11.0. The van der Waals surface area contributed by atoms with Crippen LogP contribution < -0.4 is 14.8 Å². The van der Waals surface area contributed by atoms with Gasteiger partial charge in [-0.25, -0.2) is 13.2 Å². The fourth-order valence-electron chi connectivity index (χ4n) is 3.67. The molecule has 0 saturated heterocycles. The highest BCUT2D eigenvalue weighted by Gasteiger charge is 2.30. The lowest BCUT2D eigenvalue weighted by Crippen LogP contribution is -2.51. The van der Waals surface area contributed by atoms with Crippen LogP contribution in [0.3, 0.4) is 0 Å². The Morgan fingerprint density at radius 3 is 2.58 bits per heavy atom. The van der Waals surface area contributed by atoms with Crippen LogP contribution >= 0.6 is 0 Å². The van der Waals surface area contributed by atoms with Crippen molar-refractivity contribution < 1.29 is 27.5 Å². The summed E-state index contributed by atoms with van der Waals surface area (Å²) >= 11 is 0. The molecule has 1 aromatic rings. The Morgan fingerprint density at radius 1 is 1.27 bits per heavy atom. The highest BCUT2D eigenvalue weighted by Crippen LogP contribution is 2.26. The number of urea groups is 1. The number of hydrogen-bond donors (Lipinski definition) is 2. The Hall–Kier alpha value is -2.53. The molecule has 0 unspecified atom stereocenters. The number of hydrogen-bond acceptors (Lipinski definition) is 6. The molecule has 0 saturated carbocycles. The van der Waals surface area contributed by atoms with Crippen LogP contribution in [0, 0.1) is 5.92 Å². The summed E-state index contributed by atoms with van der Waals surface area (Å²) in [4.78, 5) is 29.4. The first kappa shape index (κ1) is 26.7. The molecule has 0 bridgehead atoms. The number of fused-ring (bicyclic) bond motifs is 1. The van der Waals surface area contributed by atoms with Crippen molar-refractivity contribution >= 4 is 27.6 Å². The van der Waals surface area contributed by atoms with E-state index in [0.29, 0.717) is 25.4 Å². The molecular weight excluding hydrogens is 448 g/mol. The third kappa shape index (κ3) is 7.50. The number of nitrogens with one attached hydrogen (secondary N) is 2. The quantitative estimate of drug-likeness (QED) is 0.660. The number of carbonyl (C=O) groups excluding carboxylic acids is 2. The van der Waals surface area contributed by atoms with Gasteiger partial charge in [-0.05, 0) is 31.5 Å². The molecule has 2 rings (SSSR count). The normalized spacial score (nSPS) is 22.5. The average Bonchev–Trinajstić information content (AvgIpc) is 2.75. The minimum Gasteiger partial charge on any atom is -0.491 e. The lowest BCUT2D eigenvalue weighted by Gasteiger charge is -2.36. The zero-order chi connectivity index (χ0) is 24.8. The van der Waals surface area contributed by atoms with E-state index in [4.69, 9.17) is 9.47 Å². The van der Waals surface area contributed by atoms with E-state index < -0.39 is 10.0 Å². The highest BCUT2D eigenvalue weighted by atomic mass is 32.2. The third-order valence-electron chi connectivity index (χ3n) is 5.54. The number of methoxy groups -OCH3 is 1. The zero-order valence-electron chi connectivity index (χ0n) is 20.3. The second-order valence-corrected chi connectivity index (χ2v) is 10.3. The van der Waals surface area contributed by atoms with Crippen LogP contribution in [0.5, 0.6) is 5.75 Å². The van der Waals surface area contributed by atoms with Gasteiger partial charge in [0.2, 0.25) is 10.0 Å². The Labute approximate surface area is 196 Å². The van der Waals surface area contributed by atoms with Crippen molar-refractivity contribution in [1.29, 1.82) is 0 Å². The van der Waals surface area contributed by atoms with Crippen molar-refractivity contribution in [2.24, 2.45) is 5.92 Å². The van der Waals surface area contributed by atoms with Crippen molar-refractivity contribution in [2.75, 3.05) is 51.4 Å². The van der Waals surface area contributed by atoms with Crippen molar-refractivity contribution in [2.45, 2.75) is 39.3 Å². The van der Waals surface area contributed by atoms with Gasteiger partial charge in [0, 0.05) is 45.4 Å². The monoisotopic (exact) mass is 484 g/mol. The van der Waals surface area contributed by atoms with Crippen LogP contribution in [0.4, 0.5) is 10.5 Å². The predicted octanol–water partition coefficient (Wildman–Crippen LogP) is 1.98. The number of likely N-dealkylation sites (N-methyl/N-ethyl adjacent to an activating group) is 1. The van der Waals surface area contributed by atoms with Gasteiger partial charge in [-0.3, -0.25) is 9.52 Å². The van der Waals surface area contributed by atoms with Gasteiger partial charge >= 0.3 is 6.03 Å². The van der Waals surface area contributed by atoms with Crippen molar-refractivity contribution in [3.8, 4) is 5.75 Å². The van der Waals surface area contributed by atoms with Crippen LogP contribution in [0.25, 0.3) is 0 Å². The molecule has 0 radical (unpaired) electrons. The number of rotatable bonds is 5. The van der Waals surface area contributed by atoms with Crippen LogP contribution in [-0.4, -0.2) is 89.0 Å². The summed E-state index contributed by atoms with van der Waals surface area (Å²) < 4.78 is 37.4. The molecule has 33 heavy (non-hydrogen) atoms. The van der Waals surface area contributed by atoms with E-state index in [1.54, 1.807) is 25.1 Å². The Morgan fingerprint density at radius 2 is 1.97 bits per heavy atom. The summed E-state index contributed by atoms with van der Waals surface area (Å²) in [7, 11) is -0.276. The summed E-state index contributed by atoms with van der Waals surface area (Å²) in [6.45, 7) is 7.31. The maximum Gasteiger partial charge on any atom is 0.317 e. The van der Waals surface area contributed by atoms with Gasteiger partial charge in [0.25, 0.3) is 5.91 Å². The predicted molar refractivity (Wildman–Crippen MR) is 127 cm³/mol. The number of nitrogens with zero attached hydrogens (tertiary/aromatic N) is 2. The van der Waals surface area contributed by atoms with E-state index in [0.717, 1.165) is 12.7 Å². The Kier molecular flexibility index (Phi) is 9.35. The maximum absolute atomic E-state index is 13.2. The number of sulfonamides is 1. The molecule has 186 valence electrons. The molecule has 0 aliphatic carbocycles. The second-order valence-electron chi connectivity index (χ2n) is 8.57. The fourth-order valence-corrected chi connectivity index (χ4v) is 4.23. The van der Waals surface area contributed by atoms with E-state index in [1.165, 1.54) is 17.0 Å². The summed E-state index contributed by atoms with van der Waals surface area (Å²) in [5.74, 6) is -0.0614. The van der Waals surface area contributed by atoms with Crippen LogP contribution in [-0.2, 0) is 14.8 Å². The molecular formula is C22H36N4O6S. The molecule has 11 heteroatoms. The van der Waals surface area contributed by atoms with E-state index in [1.807, 2.05) is 20.8 Å². The second kappa shape index (κ2) is 11.6. The number of ether oxygens (including phenoxy) is 2. The third-order valence-corrected chi connectivity index (χ3v) is 6.14. The van der Waals surface area contributed by atoms with Gasteiger partial charge in [0.15, 0.2) is 0 Å². The number of benzene rings is 1. The Balaban J connectivity index is 2.45. The van der Waals surface area contributed by atoms with Gasteiger partial charge in [-0.1, -0.05) is 13.8 Å². The van der Waals surface area contributed by atoms with Gasteiger partial charge in [-0.2, -0.15) is 0 Å². The number of carbonyl (C=O) groups is 2. The first-order chi connectivity index (χ1) is 15.5.